The second-order valence-corrected chi connectivity index (χ2v) is 6.88. The highest BCUT2D eigenvalue weighted by Crippen LogP contribution is 2.34. The van der Waals surface area contributed by atoms with Crippen LogP contribution in [0.5, 0.6) is 5.75 Å². The number of ether oxygens (including phenoxy) is 2. The molecule has 10 heteroatoms. The zero-order valence-corrected chi connectivity index (χ0v) is 15.9. The zero-order valence-electron chi connectivity index (χ0n) is 14.3. The largest absolute Gasteiger partial charge is 0.493 e. The Morgan fingerprint density at radius 3 is 2.67 bits per heavy atom. The van der Waals surface area contributed by atoms with Gasteiger partial charge in [0, 0.05) is 22.9 Å². The first kappa shape index (κ1) is 20.0. The van der Waals surface area contributed by atoms with Gasteiger partial charge in [-0.15, -0.1) is 5.06 Å². The van der Waals surface area contributed by atoms with E-state index in [0.29, 0.717) is 29.9 Å². The minimum Gasteiger partial charge on any atom is -0.493 e. The Balaban J connectivity index is 1.53. The minimum atomic E-state index is -5.00. The molecule has 0 amide bonds. The predicted molar refractivity (Wildman–Crippen MR) is 92.0 cm³/mol. The number of rotatable bonds is 5. The van der Waals surface area contributed by atoms with Crippen molar-refractivity contribution in [3.05, 3.63) is 28.4 Å². The third kappa shape index (κ3) is 4.74. The first-order chi connectivity index (χ1) is 12.8. The highest BCUT2D eigenvalue weighted by molar-refractivity contribution is 9.10. The fourth-order valence-electron chi connectivity index (χ4n) is 2.81. The summed E-state index contributed by atoms with van der Waals surface area (Å²) >= 11 is 3.46. The second kappa shape index (κ2) is 8.07. The van der Waals surface area contributed by atoms with E-state index in [0.717, 1.165) is 14.9 Å². The van der Waals surface area contributed by atoms with Crippen molar-refractivity contribution < 1.29 is 36.7 Å². The van der Waals surface area contributed by atoms with E-state index in [1.165, 1.54) is 0 Å². The maximum atomic E-state index is 12.2. The lowest BCUT2D eigenvalue weighted by molar-refractivity contribution is -0.244. The van der Waals surface area contributed by atoms with E-state index < -0.39 is 12.1 Å². The Morgan fingerprint density at radius 2 is 2.04 bits per heavy atom. The number of piperidine rings is 1. The SMILES string of the molecule is COc1ccc(Br)c2cc(COC3CCN(OC(=O)C(F)(F)F)CC3)oc12. The molecule has 1 aromatic heterocycles. The van der Waals surface area contributed by atoms with Gasteiger partial charge in [-0.05, 0) is 31.0 Å². The van der Waals surface area contributed by atoms with E-state index in [9.17, 15) is 18.0 Å². The fourth-order valence-corrected chi connectivity index (χ4v) is 3.23. The summed E-state index contributed by atoms with van der Waals surface area (Å²) in [5, 5.41) is 1.88. The molecule has 148 valence electrons. The average Bonchev–Trinajstić information content (AvgIpc) is 3.06. The van der Waals surface area contributed by atoms with Gasteiger partial charge in [0.1, 0.15) is 12.4 Å². The van der Waals surface area contributed by atoms with Crippen molar-refractivity contribution >= 4 is 32.9 Å². The maximum Gasteiger partial charge on any atom is 0.492 e. The molecule has 0 spiro atoms. The number of carbonyl (C=O) groups is 1. The fraction of sp³-hybridized carbons (Fsp3) is 0.471. The highest BCUT2D eigenvalue weighted by Gasteiger charge is 2.43. The van der Waals surface area contributed by atoms with Gasteiger partial charge in [-0.25, -0.2) is 4.79 Å². The molecule has 1 aliphatic heterocycles. The number of carbonyl (C=O) groups excluding carboxylic acids is 1. The molecule has 1 aliphatic rings. The van der Waals surface area contributed by atoms with Crippen LogP contribution in [0.1, 0.15) is 18.6 Å². The molecule has 2 aromatic rings. The van der Waals surface area contributed by atoms with Gasteiger partial charge in [0.15, 0.2) is 11.3 Å². The number of hydrogen-bond donors (Lipinski definition) is 0. The number of alkyl halides is 3. The van der Waals surface area contributed by atoms with E-state index in [1.54, 1.807) is 13.2 Å². The molecular formula is C17H17BrF3NO5. The van der Waals surface area contributed by atoms with Crippen LogP contribution in [0.15, 0.2) is 27.1 Å². The van der Waals surface area contributed by atoms with E-state index in [1.807, 2.05) is 12.1 Å². The summed E-state index contributed by atoms with van der Waals surface area (Å²) in [4.78, 5) is 15.2. The van der Waals surface area contributed by atoms with Crippen LogP contribution in [0, 0.1) is 0 Å². The van der Waals surface area contributed by atoms with Gasteiger partial charge in [0.25, 0.3) is 0 Å². The molecule has 0 saturated carbocycles. The van der Waals surface area contributed by atoms with Gasteiger partial charge < -0.3 is 18.7 Å². The van der Waals surface area contributed by atoms with E-state index >= 15 is 0 Å². The monoisotopic (exact) mass is 451 g/mol. The van der Waals surface area contributed by atoms with Crippen LogP contribution in [-0.2, 0) is 21.0 Å². The Hall–Kier alpha value is -1.78. The minimum absolute atomic E-state index is 0.163. The van der Waals surface area contributed by atoms with Crippen LogP contribution in [0.4, 0.5) is 13.2 Å². The maximum absolute atomic E-state index is 12.2. The van der Waals surface area contributed by atoms with Crippen LogP contribution in [0.3, 0.4) is 0 Å². The van der Waals surface area contributed by atoms with Gasteiger partial charge in [-0.2, -0.15) is 13.2 Å². The van der Waals surface area contributed by atoms with Crippen molar-refractivity contribution in [1.82, 2.24) is 5.06 Å². The number of hydroxylamine groups is 2. The summed E-state index contributed by atoms with van der Waals surface area (Å²) in [6.07, 6.45) is -4.27. The first-order valence-electron chi connectivity index (χ1n) is 8.18. The number of halogens is 4. The van der Waals surface area contributed by atoms with Gasteiger partial charge in [0.05, 0.1) is 13.2 Å². The molecule has 0 bridgehead atoms. The standard InChI is InChI=1S/C17H17BrF3NO5/c1-24-14-3-2-13(18)12-8-11(26-15(12)14)9-25-10-4-6-22(7-5-10)27-16(23)17(19,20)21/h2-3,8,10H,4-7,9H2,1H3. The Bertz CT molecular complexity index is 815. The number of benzene rings is 1. The molecule has 1 aromatic carbocycles. The van der Waals surface area contributed by atoms with Crippen molar-refractivity contribution in [2.45, 2.75) is 31.7 Å². The normalized spacial score (nSPS) is 16.6. The van der Waals surface area contributed by atoms with Crippen LogP contribution < -0.4 is 4.74 Å². The van der Waals surface area contributed by atoms with Crippen molar-refractivity contribution in [2.24, 2.45) is 0 Å². The smallest absolute Gasteiger partial charge is 0.492 e. The predicted octanol–water partition coefficient (Wildman–Crippen LogP) is 4.21. The molecule has 0 aliphatic carbocycles. The molecule has 1 saturated heterocycles. The summed E-state index contributed by atoms with van der Waals surface area (Å²) in [6.45, 7) is 0.565. The average molecular weight is 452 g/mol. The Morgan fingerprint density at radius 1 is 1.33 bits per heavy atom. The van der Waals surface area contributed by atoms with E-state index in [2.05, 4.69) is 20.8 Å². The van der Waals surface area contributed by atoms with Crippen LogP contribution in [-0.4, -0.2) is 43.5 Å². The molecule has 6 nitrogen and oxygen atoms in total. The molecule has 1 fully saturated rings. The number of hydrogen-bond acceptors (Lipinski definition) is 6. The molecule has 27 heavy (non-hydrogen) atoms. The number of fused-ring (bicyclic) bond motifs is 1. The van der Waals surface area contributed by atoms with Crippen molar-refractivity contribution in [2.75, 3.05) is 20.2 Å². The van der Waals surface area contributed by atoms with Gasteiger partial charge in [-0.1, -0.05) is 15.9 Å². The Kier molecular flexibility index (Phi) is 5.97. The Labute approximate surface area is 161 Å². The van der Waals surface area contributed by atoms with Crippen molar-refractivity contribution in [3.8, 4) is 5.75 Å². The summed E-state index contributed by atoms with van der Waals surface area (Å²) in [7, 11) is 1.56. The molecule has 0 radical (unpaired) electrons. The first-order valence-corrected chi connectivity index (χ1v) is 8.98. The van der Waals surface area contributed by atoms with E-state index in [4.69, 9.17) is 13.9 Å². The van der Waals surface area contributed by atoms with E-state index in [-0.39, 0.29) is 25.8 Å². The van der Waals surface area contributed by atoms with Crippen LogP contribution >= 0.6 is 15.9 Å². The number of nitrogens with zero attached hydrogens (tertiary/aromatic N) is 1. The molecule has 0 N–H and O–H groups in total. The van der Waals surface area contributed by atoms with Gasteiger partial charge in [0.2, 0.25) is 0 Å². The zero-order chi connectivity index (χ0) is 19.6. The molecule has 3 rings (SSSR count). The van der Waals surface area contributed by atoms with Gasteiger partial charge >= 0.3 is 12.1 Å². The summed E-state index contributed by atoms with van der Waals surface area (Å²) in [5.41, 5.74) is 0.611. The number of methoxy groups -OCH3 is 1. The van der Waals surface area contributed by atoms with Crippen molar-refractivity contribution in [1.29, 1.82) is 0 Å². The third-order valence-corrected chi connectivity index (χ3v) is 4.86. The lowest BCUT2D eigenvalue weighted by Crippen LogP contribution is -2.41. The molecule has 0 unspecified atom stereocenters. The van der Waals surface area contributed by atoms with Gasteiger partial charge in [-0.3, -0.25) is 0 Å². The highest BCUT2D eigenvalue weighted by atomic mass is 79.9. The lowest BCUT2D eigenvalue weighted by atomic mass is 10.1. The topological polar surface area (TPSA) is 61.1 Å². The van der Waals surface area contributed by atoms with Crippen LogP contribution in [0.2, 0.25) is 0 Å². The molecule has 0 atom stereocenters. The summed E-state index contributed by atoms with van der Waals surface area (Å²) in [6, 6.07) is 5.50. The third-order valence-electron chi connectivity index (χ3n) is 4.17. The molecular weight excluding hydrogens is 435 g/mol. The quantitative estimate of drug-likeness (QED) is 0.678. The number of furan rings is 1. The summed E-state index contributed by atoms with van der Waals surface area (Å²) in [5.74, 6) is -0.982. The second-order valence-electron chi connectivity index (χ2n) is 6.02. The van der Waals surface area contributed by atoms with Crippen molar-refractivity contribution in [3.63, 3.8) is 0 Å². The molecule has 2 heterocycles. The summed E-state index contributed by atoms with van der Waals surface area (Å²) < 4.78 is 54.4. The van der Waals surface area contributed by atoms with Crippen LogP contribution in [0.25, 0.3) is 11.0 Å². The lowest BCUT2D eigenvalue weighted by Gasteiger charge is -2.30.